The van der Waals surface area contributed by atoms with E-state index in [1.54, 1.807) is 25.8 Å². The maximum absolute atomic E-state index is 12.8. The van der Waals surface area contributed by atoms with Crippen molar-refractivity contribution in [3.05, 3.63) is 237 Å². The highest BCUT2D eigenvalue weighted by atomic mass is 16.5. The van der Waals surface area contributed by atoms with Crippen LogP contribution in [0, 0.1) is 0 Å². The van der Waals surface area contributed by atoms with Crippen LogP contribution in [0.2, 0.25) is 0 Å². The minimum Gasteiger partial charge on any atom is -0.463 e. The van der Waals surface area contributed by atoms with E-state index in [2.05, 4.69) is 199 Å². The molecular formula is C108H128N24O8. The van der Waals surface area contributed by atoms with Crippen LogP contribution in [-0.4, -0.2) is 182 Å². The van der Waals surface area contributed by atoms with Crippen molar-refractivity contribution < 1.29 is 38.1 Å². The van der Waals surface area contributed by atoms with Crippen LogP contribution in [0.5, 0.6) is 24.0 Å². The van der Waals surface area contributed by atoms with Crippen LogP contribution in [0.15, 0.2) is 170 Å². The minimum atomic E-state index is -0.0637. The Morgan fingerprint density at radius 1 is 0.279 bits per heavy atom. The summed E-state index contributed by atoms with van der Waals surface area (Å²) in [5.41, 5.74) is 44.2. The Hall–Kier alpha value is -14.1. The van der Waals surface area contributed by atoms with Gasteiger partial charge in [-0.05, 0) is 210 Å². The number of pyridine rings is 4. The summed E-state index contributed by atoms with van der Waals surface area (Å²) in [6.45, 7) is 25.4. The normalized spacial score (nSPS) is 15.6. The zero-order valence-electron chi connectivity index (χ0n) is 81.0. The number of amides is 4. The summed E-state index contributed by atoms with van der Waals surface area (Å²) in [4.78, 5) is 121. The first kappa shape index (κ1) is 97.6. The van der Waals surface area contributed by atoms with Gasteiger partial charge in [-0.2, -0.15) is 39.9 Å². The third kappa shape index (κ3) is 25.0. The molecule has 4 amide bonds. The highest BCUT2D eigenvalue weighted by Gasteiger charge is 2.38. The second-order valence-electron chi connectivity index (χ2n) is 37.1. The molecule has 0 unspecified atom stereocenters. The first-order chi connectivity index (χ1) is 68.4. The molecule has 16 heterocycles. The molecule has 728 valence electrons. The number of nitrogen functional groups attached to an aromatic ring is 4. The summed E-state index contributed by atoms with van der Waals surface area (Å²) >= 11 is 0. The number of likely N-dealkylation sites (tertiary alicyclic amines) is 4. The molecule has 4 saturated heterocycles. The zero-order chi connectivity index (χ0) is 96.8. The van der Waals surface area contributed by atoms with E-state index in [0.29, 0.717) is 121 Å². The summed E-state index contributed by atoms with van der Waals surface area (Å²) < 4.78 is 22.6. The molecule has 32 nitrogen and oxygen atoms in total. The number of benzene rings is 4. The molecule has 0 saturated carbocycles. The maximum atomic E-state index is 12.8. The average molecular weight is 1890 g/mol. The highest BCUT2D eigenvalue weighted by Crippen LogP contribution is 2.40. The number of rotatable bonds is 36. The average Bonchev–Trinajstić information content (AvgIpc) is 1.64. The summed E-state index contributed by atoms with van der Waals surface area (Å²) in [6, 6.07) is 51.4. The summed E-state index contributed by atoms with van der Waals surface area (Å²) in [6.07, 6.45) is 26.1. The van der Waals surface area contributed by atoms with Gasteiger partial charge in [0.25, 0.3) is 0 Å². The summed E-state index contributed by atoms with van der Waals surface area (Å²) in [5.74, 6) is 3.14. The molecule has 32 heteroatoms. The zero-order valence-corrected chi connectivity index (χ0v) is 81.0. The van der Waals surface area contributed by atoms with E-state index in [-0.39, 0.29) is 73.4 Å². The molecule has 140 heavy (non-hydrogen) atoms. The van der Waals surface area contributed by atoms with Crippen LogP contribution in [0.1, 0.15) is 197 Å². The number of nitrogens with two attached hydrogens (primary N) is 4. The first-order valence-corrected chi connectivity index (χ1v) is 49.9. The molecule has 4 fully saturated rings. The lowest BCUT2D eigenvalue weighted by Gasteiger charge is -2.18. The van der Waals surface area contributed by atoms with Crippen LogP contribution >= 0.6 is 0 Å². The van der Waals surface area contributed by atoms with Gasteiger partial charge in [-0.25, -0.2) is 0 Å². The number of fused-ring (bicyclic) bond motifs is 4. The Labute approximate surface area is 819 Å². The number of carbonyl (C=O) groups excluding carboxylic acids is 4. The molecule has 8 aliphatic heterocycles. The maximum Gasteiger partial charge on any atom is 0.320 e. The minimum absolute atomic E-state index is 0.0451. The van der Waals surface area contributed by atoms with Gasteiger partial charge in [0.1, 0.15) is 46.5 Å². The number of carbonyl (C=O) groups is 4. The standard InChI is InChI=1S/4C27H32N6O2/c1-2-3-14-35-27-30-25(28)22-15-24(34)33(26(22)31-27)18-20-8-11-23(29-16-20)21-9-6-19(7-10-21)17-32-12-4-5-13-32;1-2-3-14-35-27-30-25(28)22-16-24(34)33(26(22)31-27)18-20-10-11-29-23(15-20)21-8-6-19(7-9-21)17-32-12-4-5-13-32;1-2-3-14-35-27-30-25(28)23-15-24(34)33(26(23)31-27)18-22-11-10-21(16-29-22)20-8-6-19(7-9-20)17-32-12-4-5-13-32;1-2-3-13-35-27-30-25(28)22-15-24(34)33(26(22)31-27)18-20-9-10-23(29-16-20)21-8-6-7-19(14-21)17-32-11-4-5-12-32/h6-11,16H,2-5,12-15,17-18H2,1H3,(H2,28,30,31);6-11,15H,2-5,12-14,16-18H2,1H3,(H2,28,30,31);6-11,16H,2-5,12-15,17-18H2,1H3,(H2,28,30,31);6-10,14,16H,2-5,11-13,15,17-18H2,1H3,(H2,28,30,31). The van der Waals surface area contributed by atoms with Crippen LogP contribution < -0.4 is 61.5 Å². The summed E-state index contributed by atoms with van der Waals surface area (Å²) in [7, 11) is 0. The van der Waals surface area contributed by atoms with Gasteiger partial charge in [0, 0.05) is 95.5 Å². The van der Waals surface area contributed by atoms with Crippen LogP contribution in [0.25, 0.3) is 44.9 Å². The van der Waals surface area contributed by atoms with Crippen molar-refractivity contribution in [1.82, 2.24) is 79.4 Å². The molecule has 20 rings (SSSR count). The van der Waals surface area contributed by atoms with E-state index in [9.17, 15) is 19.2 Å². The van der Waals surface area contributed by atoms with Crippen LogP contribution in [0.3, 0.4) is 0 Å². The number of ether oxygens (including phenoxy) is 4. The van der Waals surface area contributed by atoms with Gasteiger partial charge in [-0.1, -0.05) is 163 Å². The van der Waals surface area contributed by atoms with Crippen molar-refractivity contribution in [1.29, 1.82) is 0 Å². The van der Waals surface area contributed by atoms with Crippen molar-refractivity contribution in [3.8, 4) is 68.9 Å². The van der Waals surface area contributed by atoms with Gasteiger partial charge in [0.2, 0.25) is 23.6 Å². The van der Waals surface area contributed by atoms with Gasteiger partial charge in [-0.3, -0.25) is 78.3 Å². The Kier molecular flexibility index (Phi) is 32.8. The molecule has 8 aromatic heterocycles. The molecule has 8 N–H and O–H groups in total. The molecule has 0 aliphatic carbocycles. The van der Waals surface area contributed by atoms with E-state index in [0.717, 1.165) is 145 Å². The van der Waals surface area contributed by atoms with Crippen LogP contribution in [0.4, 0.5) is 46.5 Å². The monoisotopic (exact) mass is 1890 g/mol. The number of unbranched alkanes of at least 4 members (excludes halogenated alkanes) is 4. The lowest BCUT2D eigenvalue weighted by molar-refractivity contribution is -0.118. The molecule has 8 aliphatic rings. The molecule has 0 atom stereocenters. The predicted octanol–water partition coefficient (Wildman–Crippen LogP) is 15.9. The van der Waals surface area contributed by atoms with Gasteiger partial charge >= 0.3 is 24.0 Å². The fourth-order valence-electron chi connectivity index (χ4n) is 18.5. The van der Waals surface area contributed by atoms with Gasteiger partial charge < -0.3 is 41.9 Å². The first-order valence-electron chi connectivity index (χ1n) is 49.9. The highest BCUT2D eigenvalue weighted by molar-refractivity contribution is 6.04. The van der Waals surface area contributed by atoms with E-state index >= 15 is 0 Å². The lowest BCUT2D eigenvalue weighted by atomic mass is 10.1. The molecular weight excluding hydrogens is 1760 g/mol. The lowest BCUT2D eigenvalue weighted by Crippen LogP contribution is -2.27. The fourth-order valence-corrected chi connectivity index (χ4v) is 18.5. The van der Waals surface area contributed by atoms with Crippen molar-refractivity contribution in [2.24, 2.45) is 0 Å². The molecule has 0 spiro atoms. The van der Waals surface area contributed by atoms with E-state index in [1.807, 2.05) is 67.1 Å². The second-order valence-corrected chi connectivity index (χ2v) is 37.1. The predicted molar refractivity (Wildman–Crippen MR) is 544 cm³/mol. The molecule has 0 radical (unpaired) electrons. The van der Waals surface area contributed by atoms with Crippen LogP contribution in [-0.2, 0) is 97.2 Å². The Morgan fingerprint density at radius 3 is 0.950 bits per heavy atom. The molecule has 4 aromatic carbocycles. The third-order valence-corrected chi connectivity index (χ3v) is 26.5. The number of aromatic nitrogens is 12. The van der Waals surface area contributed by atoms with E-state index in [1.165, 1.54) is 126 Å². The SMILES string of the molecule is CCCCOc1nc(N)c2c(n1)N(Cc1ccc(-c3ccc(CN4CCCC4)cc3)cn1)C(=O)C2.CCCCOc1nc(N)c2c(n1)N(Cc1ccc(-c3ccc(CN4CCCC4)cc3)nc1)C(=O)C2.CCCCOc1nc(N)c2c(n1)N(Cc1ccc(-c3cccc(CN4CCCC4)c3)nc1)C(=O)C2.CCCCOc1nc(N)c2c(n1)N(Cc1ccnc(-c3ccc(CN4CCCC4)cc3)c1)C(=O)C2. The van der Waals surface area contributed by atoms with Crippen molar-refractivity contribution >= 4 is 70.2 Å². The summed E-state index contributed by atoms with van der Waals surface area (Å²) in [5, 5.41) is 0. The van der Waals surface area contributed by atoms with E-state index < -0.39 is 0 Å². The third-order valence-electron chi connectivity index (χ3n) is 26.5. The van der Waals surface area contributed by atoms with E-state index in [4.69, 9.17) is 46.9 Å². The van der Waals surface area contributed by atoms with Crippen molar-refractivity contribution in [2.45, 2.75) is 208 Å². The second kappa shape index (κ2) is 47.0. The Bertz CT molecular complexity index is 6050. The number of hydrogen-bond donors (Lipinski definition) is 4. The molecule has 12 aromatic rings. The Morgan fingerprint density at radius 2 is 0.600 bits per heavy atom. The number of nitrogens with zero attached hydrogens (tertiary/aromatic N) is 20. The Balaban J connectivity index is 0.000000129. The number of anilines is 8. The number of hydrogen-bond acceptors (Lipinski definition) is 28. The fraction of sp³-hybridized carbons (Fsp3) is 0.407. The smallest absolute Gasteiger partial charge is 0.320 e. The van der Waals surface area contributed by atoms with Crippen molar-refractivity contribution in [3.63, 3.8) is 0 Å². The van der Waals surface area contributed by atoms with Crippen molar-refractivity contribution in [2.75, 3.05) is 121 Å². The van der Waals surface area contributed by atoms with Gasteiger partial charge in [-0.15, -0.1) is 0 Å². The quantitative estimate of drug-likeness (QED) is 0.0265. The van der Waals surface area contributed by atoms with Gasteiger partial charge in [0.15, 0.2) is 0 Å². The largest absolute Gasteiger partial charge is 0.463 e. The van der Waals surface area contributed by atoms with Gasteiger partial charge in [0.05, 0.1) is 101 Å². The molecule has 0 bridgehead atoms. The topological polar surface area (TPSA) is 390 Å².